The number of halogens is 3. The number of hydrogen-bond donors (Lipinski definition) is 1. The lowest BCUT2D eigenvalue weighted by atomic mass is 10.2. The summed E-state index contributed by atoms with van der Waals surface area (Å²) in [6.07, 6.45) is -5.22. The molecule has 0 heterocycles. The molecule has 0 aliphatic carbocycles. The van der Waals surface area contributed by atoms with Crippen LogP contribution >= 0.6 is 0 Å². The third kappa shape index (κ3) is 4.94. The summed E-state index contributed by atoms with van der Waals surface area (Å²) in [6.45, 7) is 2.13. The molecule has 0 aromatic heterocycles. The average molecular weight is 291 g/mol. The van der Waals surface area contributed by atoms with E-state index < -0.39 is 17.5 Å². The van der Waals surface area contributed by atoms with Crippen LogP contribution in [0.1, 0.15) is 13.3 Å². The quantitative estimate of drug-likeness (QED) is 0.644. The Morgan fingerprint density at radius 1 is 1.35 bits per heavy atom. The maximum atomic E-state index is 12.2. The van der Waals surface area contributed by atoms with E-state index in [1.54, 1.807) is 6.07 Å². The number of nitrogens with one attached hydrogen (secondary N) is 1. The highest BCUT2D eigenvalue weighted by Crippen LogP contribution is 2.28. The van der Waals surface area contributed by atoms with Gasteiger partial charge in [0.1, 0.15) is 0 Å². The molecule has 1 aromatic rings. The molecule has 5 nitrogen and oxygen atoms in total. The normalized spacial score (nSPS) is 11.2. The van der Waals surface area contributed by atoms with Crippen molar-refractivity contribution in [3.8, 4) is 0 Å². The third-order valence-electron chi connectivity index (χ3n) is 2.67. The first kappa shape index (κ1) is 16.1. The lowest BCUT2D eigenvalue weighted by molar-refractivity contribution is -0.384. The van der Waals surface area contributed by atoms with E-state index in [-0.39, 0.29) is 12.2 Å². The summed E-state index contributed by atoms with van der Waals surface area (Å²) < 4.78 is 36.6. The highest BCUT2D eigenvalue weighted by molar-refractivity contribution is 5.64. The van der Waals surface area contributed by atoms with E-state index in [1.165, 1.54) is 24.1 Å². The molecule has 1 aromatic carbocycles. The zero-order valence-electron chi connectivity index (χ0n) is 11.2. The van der Waals surface area contributed by atoms with Crippen LogP contribution in [-0.4, -0.2) is 31.2 Å². The van der Waals surface area contributed by atoms with Crippen LogP contribution in [0.15, 0.2) is 18.2 Å². The number of nitro benzene ring substituents is 1. The van der Waals surface area contributed by atoms with Crippen LogP contribution in [0.4, 0.5) is 30.2 Å². The van der Waals surface area contributed by atoms with Crippen LogP contribution in [0.5, 0.6) is 0 Å². The van der Waals surface area contributed by atoms with E-state index in [0.29, 0.717) is 17.9 Å². The zero-order valence-corrected chi connectivity index (χ0v) is 11.2. The highest BCUT2D eigenvalue weighted by atomic mass is 19.4. The van der Waals surface area contributed by atoms with Gasteiger partial charge in [-0.25, -0.2) is 0 Å². The van der Waals surface area contributed by atoms with Crippen molar-refractivity contribution in [3.05, 3.63) is 28.3 Å². The molecule has 20 heavy (non-hydrogen) atoms. The minimum atomic E-state index is -4.25. The van der Waals surface area contributed by atoms with Gasteiger partial charge in [-0.2, -0.15) is 13.2 Å². The predicted octanol–water partition coefficient (Wildman–Crippen LogP) is 3.42. The number of anilines is 2. The molecule has 0 radical (unpaired) electrons. The summed E-state index contributed by atoms with van der Waals surface area (Å²) in [5.41, 5.74) is 0.729. The molecule has 0 spiro atoms. The van der Waals surface area contributed by atoms with Gasteiger partial charge in [-0.15, -0.1) is 0 Å². The number of hydrogen-bond acceptors (Lipinski definition) is 4. The van der Waals surface area contributed by atoms with E-state index >= 15 is 0 Å². The second-order valence-corrected chi connectivity index (χ2v) is 4.31. The summed E-state index contributed by atoms with van der Waals surface area (Å²) in [4.78, 5) is 11.6. The van der Waals surface area contributed by atoms with Crippen molar-refractivity contribution in [1.29, 1.82) is 0 Å². The minimum Gasteiger partial charge on any atom is -0.385 e. The van der Waals surface area contributed by atoms with Gasteiger partial charge in [-0.1, -0.05) is 0 Å². The van der Waals surface area contributed by atoms with E-state index in [9.17, 15) is 23.3 Å². The van der Waals surface area contributed by atoms with E-state index in [0.717, 1.165) is 0 Å². The molecule has 0 unspecified atom stereocenters. The monoisotopic (exact) mass is 291 g/mol. The van der Waals surface area contributed by atoms with Gasteiger partial charge in [-0.3, -0.25) is 10.1 Å². The Bertz CT molecular complexity index is 478. The van der Waals surface area contributed by atoms with Crippen molar-refractivity contribution >= 4 is 17.1 Å². The summed E-state index contributed by atoms with van der Waals surface area (Å²) >= 11 is 0. The van der Waals surface area contributed by atoms with Crippen molar-refractivity contribution < 1.29 is 18.1 Å². The molecule has 0 bridgehead atoms. The van der Waals surface area contributed by atoms with Crippen molar-refractivity contribution in [2.24, 2.45) is 0 Å². The van der Waals surface area contributed by atoms with Crippen molar-refractivity contribution in [2.75, 3.05) is 30.4 Å². The minimum absolute atomic E-state index is 0.155. The number of nitrogens with zero attached hydrogens (tertiary/aromatic N) is 2. The number of non-ortho nitro benzene ring substituents is 1. The molecule has 1 rings (SSSR count). The molecule has 0 aliphatic heterocycles. The SMILES string of the molecule is CCNc1cc(N(C)CCC(F)(F)F)cc([N+](=O)[O-])c1. The largest absolute Gasteiger partial charge is 0.390 e. The van der Waals surface area contributed by atoms with Gasteiger partial charge in [0.05, 0.1) is 11.3 Å². The number of alkyl halides is 3. The molecule has 1 N–H and O–H groups in total. The number of rotatable bonds is 6. The smallest absolute Gasteiger partial charge is 0.385 e. The second-order valence-electron chi connectivity index (χ2n) is 4.31. The standard InChI is InChI=1S/C12H16F3N3O2/c1-3-16-9-6-10(8-11(7-9)18(19)20)17(2)5-4-12(13,14)15/h6-8,16H,3-5H2,1-2H3. The first-order valence-electron chi connectivity index (χ1n) is 6.04. The topological polar surface area (TPSA) is 58.4 Å². The Hall–Kier alpha value is -1.99. The molecule has 0 saturated heterocycles. The molecular weight excluding hydrogens is 275 g/mol. The molecule has 8 heteroatoms. The van der Waals surface area contributed by atoms with Crippen LogP contribution in [0, 0.1) is 10.1 Å². The molecule has 0 amide bonds. The first-order valence-corrected chi connectivity index (χ1v) is 6.04. The van der Waals surface area contributed by atoms with Gasteiger partial charge < -0.3 is 10.2 Å². The lowest BCUT2D eigenvalue weighted by Gasteiger charge is -2.21. The Balaban J connectivity index is 2.94. The van der Waals surface area contributed by atoms with Crippen LogP contribution in [0.25, 0.3) is 0 Å². The molecular formula is C12H16F3N3O2. The van der Waals surface area contributed by atoms with Crippen molar-refractivity contribution in [3.63, 3.8) is 0 Å². The second kappa shape index (κ2) is 6.44. The average Bonchev–Trinajstić information content (AvgIpc) is 2.35. The summed E-state index contributed by atoms with van der Waals surface area (Å²) in [6, 6.07) is 4.20. The van der Waals surface area contributed by atoms with E-state index in [2.05, 4.69) is 5.32 Å². The maximum absolute atomic E-state index is 12.2. The predicted molar refractivity (Wildman–Crippen MR) is 71.2 cm³/mol. The fourth-order valence-corrected chi connectivity index (χ4v) is 1.65. The van der Waals surface area contributed by atoms with E-state index in [4.69, 9.17) is 0 Å². The van der Waals surface area contributed by atoms with Crippen LogP contribution in [0.3, 0.4) is 0 Å². The molecule has 0 aliphatic rings. The van der Waals surface area contributed by atoms with Crippen LogP contribution < -0.4 is 10.2 Å². The summed E-state index contributed by atoms with van der Waals surface area (Å²) in [5.74, 6) is 0. The molecule has 0 saturated carbocycles. The van der Waals surface area contributed by atoms with Gasteiger partial charge >= 0.3 is 6.18 Å². The van der Waals surface area contributed by atoms with Gasteiger partial charge in [0.15, 0.2) is 0 Å². The highest BCUT2D eigenvalue weighted by Gasteiger charge is 2.27. The van der Waals surface area contributed by atoms with Crippen LogP contribution in [0.2, 0.25) is 0 Å². The first-order chi connectivity index (χ1) is 9.23. The fraction of sp³-hybridized carbons (Fsp3) is 0.500. The van der Waals surface area contributed by atoms with Gasteiger partial charge in [0, 0.05) is 43.6 Å². The van der Waals surface area contributed by atoms with Gasteiger partial charge in [-0.05, 0) is 13.0 Å². The van der Waals surface area contributed by atoms with Crippen LogP contribution in [-0.2, 0) is 0 Å². The Morgan fingerprint density at radius 2 is 2.00 bits per heavy atom. The Kier molecular flexibility index (Phi) is 5.18. The third-order valence-corrected chi connectivity index (χ3v) is 2.67. The van der Waals surface area contributed by atoms with E-state index in [1.807, 2.05) is 6.92 Å². The maximum Gasteiger partial charge on any atom is 0.390 e. The number of nitro groups is 1. The van der Waals surface area contributed by atoms with Gasteiger partial charge in [0.2, 0.25) is 0 Å². The zero-order chi connectivity index (χ0) is 15.3. The summed E-state index contributed by atoms with van der Waals surface area (Å²) in [5, 5.41) is 13.7. The molecule has 0 atom stereocenters. The summed E-state index contributed by atoms with van der Waals surface area (Å²) in [7, 11) is 1.47. The Labute approximate surface area is 114 Å². The fourth-order valence-electron chi connectivity index (χ4n) is 1.65. The van der Waals surface area contributed by atoms with Crippen molar-refractivity contribution in [2.45, 2.75) is 19.5 Å². The molecule has 0 fully saturated rings. The Morgan fingerprint density at radius 3 is 2.50 bits per heavy atom. The number of benzene rings is 1. The van der Waals surface area contributed by atoms with Gasteiger partial charge in [0.25, 0.3) is 5.69 Å². The molecule has 112 valence electrons. The lowest BCUT2D eigenvalue weighted by Crippen LogP contribution is -2.24. The van der Waals surface area contributed by atoms with Crippen molar-refractivity contribution in [1.82, 2.24) is 0 Å².